The van der Waals surface area contributed by atoms with Gasteiger partial charge >= 0.3 is 0 Å². The van der Waals surface area contributed by atoms with Crippen LogP contribution in [-0.4, -0.2) is 28.1 Å². The smallest absolute Gasteiger partial charge is 0.233 e. The molecule has 0 bridgehead atoms. The van der Waals surface area contributed by atoms with E-state index >= 15 is 0 Å². The maximum absolute atomic E-state index is 11.9. The molecule has 1 fully saturated rings. The third kappa shape index (κ3) is 1.81. The lowest BCUT2D eigenvalue weighted by Gasteiger charge is -2.23. The minimum absolute atomic E-state index is 0.175. The molecule has 94 valence electrons. The van der Waals surface area contributed by atoms with Crippen molar-refractivity contribution in [2.75, 3.05) is 12.3 Å². The molecule has 2 aromatic rings. The summed E-state index contributed by atoms with van der Waals surface area (Å²) in [5.41, 5.74) is 2.37. The summed E-state index contributed by atoms with van der Waals surface area (Å²) < 4.78 is 0. The summed E-state index contributed by atoms with van der Waals surface area (Å²) in [7, 11) is 0. The SMILES string of the molecule is CCCN1C(=O)CSC1c1c[nH]c2ccccc12. The molecule has 3 nitrogen and oxygen atoms in total. The number of hydrogen-bond donors (Lipinski definition) is 1. The van der Waals surface area contributed by atoms with Crippen LogP contribution in [0.1, 0.15) is 24.3 Å². The standard InChI is InChI=1S/C14H16N2OS/c1-2-7-16-13(17)9-18-14(16)11-8-15-12-6-4-3-5-10(11)12/h3-6,8,14-15H,2,7,9H2,1H3. The van der Waals surface area contributed by atoms with Crippen molar-refractivity contribution in [3.05, 3.63) is 36.0 Å². The van der Waals surface area contributed by atoms with Gasteiger partial charge in [-0.15, -0.1) is 11.8 Å². The molecule has 1 aliphatic heterocycles. The molecule has 1 unspecified atom stereocenters. The largest absolute Gasteiger partial charge is 0.361 e. The van der Waals surface area contributed by atoms with Crippen LogP contribution >= 0.6 is 11.8 Å². The monoisotopic (exact) mass is 260 g/mol. The molecule has 1 N–H and O–H groups in total. The number of amides is 1. The van der Waals surface area contributed by atoms with Gasteiger partial charge in [0.25, 0.3) is 0 Å². The van der Waals surface area contributed by atoms with E-state index < -0.39 is 0 Å². The van der Waals surface area contributed by atoms with E-state index in [1.807, 2.05) is 23.2 Å². The molecule has 4 heteroatoms. The number of thioether (sulfide) groups is 1. The molecular formula is C14H16N2OS. The molecule has 1 amide bonds. The van der Waals surface area contributed by atoms with Crippen molar-refractivity contribution in [3.63, 3.8) is 0 Å². The molecule has 18 heavy (non-hydrogen) atoms. The third-order valence-corrected chi connectivity index (χ3v) is 4.56. The first kappa shape index (κ1) is 11.7. The lowest BCUT2D eigenvalue weighted by molar-refractivity contribution is -0.128. The minimum Gasteiger partial charge on any atom is -0.361 e. The van der Waals surface area contributed by atoms with Gasteiger partial charge in [0.1, 0.15) is 5.37 Å². The fraction of sp³-hybridized carbons (Fsp3) is 0.357. The minimum atomic E-state index is 0.175. The maximum atomic E-state index is 11.9. The Morgan fingerprint density at radius 2 is 2.28 bits per heavy atom. The topological polar surface area (TPSA) is 36.1 Å². The van der Waals surface area contributed by atoms with Crippen molar-refractivity contribution in [2.24, 2.45) is 0 Å². The summed E-state index contributed by atoms with van der Waals surface area (Å²) in [4.78, 5) is 17.2. The number of fused-ring (bicyclic) bond motifs is 1. The van der Waals surface area contributed by atoms with E-state index in [0.717, 1.165) is 18.5 Å². The first-order chi connectivity index (χ1) is 8.81. The summed E-state index contributed by atoms with van der Waals surface area (Å²) in [5.74, 6) is 0.863. The maximum Gasteiger partial charge on any atom is 0.233 e. The van der Waals surface area contributed by atoms with Gasteiger partial charge in [0, 0.05) is 29.2 Å². The number of carbonyl (C=O) groups excluding carboxylic acids is 1. The summed E-state index contributed by atoms with van der Waals surface area (Å²) in [6.45, 7) is 2.96. The van der Waals surface area contributed by atoms with E-state index in [0.29, 0.717) is 5.75 Å². The Bertz CT molecular complexity index is 578. The fourth-order valence-corrected chi connectivity index (χ4v) is 3.74. The van der Waals surface area contributed by atoms with Crippen LogP contribution in [0.25, 0.3) is 10.9 Å². The van der Waals surface area contributed by atoms with E-state index in [4.69, 9.17) is 0 Å². The zero-order valence-corrected chi connectivity index (χ0v) is 11.2. The number of aromatic nitrogens is 1. The molecule has 0 saturated carbocycles. The molecule has 0 spiro atoms. The number of benzene rings is 1. The molecular weight excluding hydrogens is 244 g/mol. The first-order valence-electron chi connectivity index (χ1n) is 6.28. The van der Waals surface area contributed by atoms with E-state index in [2.05, 4.69) is 24.0 Å². The first-order valence-corrected chi connectivity index (χ1v) is 7.33. The van der Waals surface area contributed by atoms with Gasteiger partial charge in [0.15, 0.2) is 0 Å². The Morgan fingerprint density at radius 3 is 3.11 bits per heavy atom. The van der Waals surface area contributed by atoms with Gasteiger partial charge in [-0.2, -0.15) is 0 Å². The summed E-state index contributed by atoms with van der Waals surface area (Å²) >= 11 is 1.73. The van der Waals surface area contributed by atoms with Gasteiger partial charge in [-0.1, -0.05) is 25.1 Å². The number of rotatable bonds is 3. The highest BCUT2D eigenvalue weighted by atomic mass is 32.2. The predicted molar refractivity (Wildman–Crippen MR) is 75.5 cm³/mol. The van der Waals surface area contributed by atoms with Gasteiger partial charge in [-0.3, -0.25) is 4.79 Å². The lowest BCUT2D eigenvalue weighted by atomic mass is 10.1. The number of nitrogens with zero attached hydrogens (tertiary/aromatic N) is 1. The van der Waals surface area contributed by atoms with Gasteiger partial charge in [-0.05, 0) is 12.5 Å². The molecule has 1 saturated heterocycles. The van der Waals surface area contributed by atoms with Crippen LogP contribution in [0.3, 0.4) is 0 Å². The molecule has 2 heterocycles. The second-order valence-electron chi connectivity index (χ2n) is 4.54. The van der Waals surface area contributed by atoms with Crippen molar-refractivity contribution in [1.29, 1.82) is 0 Å². The molecule has 0 radical (unpaired) electrons. The summed E-state index contributed by atoms with van der Waals surface area (Å²) in [6, 6.07) is 8.27. The normalized spacial score (nSPS) is 19.9. The van der Waals surface area contributed by atoms with Crippen molar-refractivity contribution < 1.29 is 4.79 Å². The van der Waals surface area contributed by atoms with Crippen molar-refractivity contribution in [1.82, 2.24) is 9.88 Å². The van der Waals surface area contributed by atoms with Crippen LogP contribution < -0.4 is 0 Å². The van der Waals surface area contributed by atoms with Gasteiger partial charge < -0.3 is 9.88 Å². The number of H-pyrrole nitrogens is 1. The van der Waals surface area contributed by atoms with Crippen molar-refractivity contribution in [2.45, 2.75) is 18.7 Å². The van der Waals surface area contributed by atoms with Gasteiger partial charge in [0.05, 0.1) is 5.75 Å². The average molecular weight is 260 g/mol. The molecule has 0 aliphatic carbocycles. The fourth-order valence-electron chi connectivity index (χ4n) is 2.49. The second kappa shape index (κ2) is 4.69. The third-order valence-electron chi connectivity index (χ3n) is 3.32. The van der Waals surface area contributed by atoms with E-state index in [1.165, 1.54) is 10.9 Å². The van der Waals surface area contributed by atoms with Crippen molar-refractivity contribution in [3.8, 4) is 0 Å². The van der Waals surface area contributed by atoms with E-state index in [-0.39, 0.29) is 11.3 Å². The number of hydrogen-bond acceptors (Lipinski definition) is 2. The summed E-state index contributed by atoms with van der Waals surface area (Å²) in [5, 5.41) is 1.40. The zero-order valence-electron chi connectivity index (χ0n) is 10.3. The predicted octanol–water partition coefficient (Wildman–Crippen LogP) is 3.15. The quantitative estimate of drug-likeness (QED) is 0.920. The number of para-hydroxylation sites is 1. The Labute approximate surface area is 111 Å². The van der Waals surface area contributed by atoms with Crippen LogP contribution in [-0.2, 0) is 4.79 Å². The lowest BCUT2D eigenvalue weighted by Crippen LogP contribution is -2.28. The molecule has 1 aliphatic rings. The molecule has 1 atom stereocenters. The zero-order chi connectivity index (χ0) is 12.5. The van der Waals surface area contributed by atoms with Gasteiger partial charge in [0.2, 0.25) is 5.91 Å². The highest BCUT2D eigenvalue weighted by Crippen LogP contribution is 2.41. The van der Waals surface area contributed by atoms with Gasteiger partial charge in [-0.25, -0.2) is 0 Å². The van der Waals surface area contributed by atoms with Crippen LogP contribution in [0.15, 0.2) is 30.5 Å². The second-order valence-corrected chi connectivity index (χ2v) is 5.61. The van der Waals surface area contributed by atoms with Crippen LogP contribution in [0, 0.1) is 0 Å². The molecule has 1 aromatic heterocycles. The van der Waals surface area contributed by atoms with Crippen LogP contribution in [0.2, 0.25) is 0 Å². The average Bonchev–Trinajstić information content (AvgIpc) is 2.95. The molecule has 3 rings (SSSR count). The molecule has 1 aromatic carbocycles. The Balaban J connectivity index is 2.01. The summed E-state index contributed by atoms with van der Waals surface area (Å²) in [6.07, 6.45) is 3.05. The Morgan fingerprint density at radius 1 is 1.44 bits per heavy atom. The Hall–Kier alpha value is -1.42. The number of carbonyl (C=O) groups is 1. The van der Waals surface area contributed by atoms with Crippen LogP contribution in [0.5, 0.6) is 0 Å². The van der Waals surface area contributed by atoms with Crippen LogP contribution in [0.4, 0.5) is 0 Å². The number of nitrogens with one attached hydrogen (secondary N) is 1. The highest BCUT2D eigenvalue weighted by molar-refractivity contribution is 8.00. The van der Waals surface area contributed by atoms with E-state index in [9.17, 15) is 4.79 Å². The van der Waals surface area contributed by atoms with Crippen molar-refractivity contribution >= 4 is 28.6 Å². The van der Waals surface area contributed by atoms with E-state index in [1.54, 1.807) is 11.8 Å². The highest BCUT2D eigenvalue weighted by Gasteiger charge is 2.33. The number of aromatic amines is 1. The Kier molecular flexibility index (Phi) is 3.04.